The van der Waals surface area contributed by atoms with Crippen LogP contribution in [0.15, 0.2) is 24.3 Å². The van der Waals surface area contributed by atoms with E-state index in [9.17, 15) is 12.8 Å². The van der Waals surface area contributed by atoms with Gasteiger partial charge in [-0.2, -0.15) is 0 Å². The maximum atomic E-state index is 12.7. The predicted molar refractivity (Wildman–Crippen MR) is 68.0 cm³/mol. The van der Waals surface area contributed by atoms with Crippen molar-refractivity contribution in [2.75, 3.05) is 13.2 Å². The Bertz CT molecular complexity index is 445. The molecule has 0 bridgehead atoms. The molecule has 1 aromatic carbocycles. The summed E-state index contributed by atoms with van der Waals surface area (Å²) in [7, 11) is -3.37. The first-order valence-electron chi connectivity index (χ1n) is 5.86. The van der Waals surface area contributed by atoms with Gasteiger partial charge in [0, 0.05) is 13.2 Å². The van der Waals surface area contributed by atoms with E-state index in [1.54, 1.807) is 0 Å². The van der Waals surface area contributed by atoms with Crippen LogP contribution in [-0.2, 0) is 15.8 Å². The van der Waals surface area contributed by atoms with E-state index in [1.165, 1.54) is 24.3 Å². The second kappa shape index (κ2) is 7.45. The molecule has 0 amide bonds. The van der Waals surface area contributed by atoms with E-state index in [4.69, 9.17) is 5.11 Å². The monoisotopic (exact) mass is 275 g/mol. The molecule has 0 aliphatic heterocycles. The van der Waals surface area contributed by atoms with Crippen LogP contribution in [0.5, 0.6) is 0 Å². The van der Waals surface area contributed by atoms with E-state index in [0.717, 1.165) is 6.42 Å². The van der Waals surface area contributed by atoms with E-state index in [2.05, 4.69) is 4.72 Å². The summed E-state index contributed by atoms with van der Waals surface area (Å²) < 4.78 is 38.5. The molecular weight excluding hydrogens is 257 g/mol. The van der Waals surface area contributed by atoms with Gasteiger partial charge in [0.25, 0.3) is 0 Å². The lowest BCUT2D eigenvalue weighted by Crippen LogP contribution is -2.26. The summed E-state index contributed by atoms with van der Waals surface area (Å²) in [4.78, 5) is 0. The van der Waals surface area contributed by atoms with Gasteiger partial charge in [-0.25, -0.2) is 17.5 Å². The summed E-state index contributed by atoms with van der Waals surface area (Å²) in [5.41, 5.74) is 0.555. The second-order valence-corrected chi connectivity index (χ2v) is 5.87. The third kappa shape index (κ3) is 6.09. The molecule has 1 rings (SSSR count). The maximum absolute atomic E-state index is 12.7. The predicted octanol–water partition coefficient (Wildman–Crippen LogP) is 1.41. The van der Waals surface area contributed by atoms with Crippen LogP contribution in [0.25, 0.3) is 0 Å². The first-order valence-corrected chi connectivity index (χ1v) is 7.51. The van der Waals surface area contributed by atoms with E-state index < -0.39 is 10.0 Å². The molecule has 0 unspecified atom stereocenters. The number of rotatable bonds is 8. The van der Waals surface area contributed by atoms with E-state index >= 15 is 0 Å². The van der Waals surface area contributed by atoms with Gasteiger partial charge in [-0.3, -0.25) is 0 Å². The van der Waals surface area contributed by atoms with Gasteiger partial charge >= 0.3 is 0 Å². The van der Waals surface area contributed by atoms with Gasteiger partial charge in [0.05, 0.1) is 5.75 Å². The first-order chi connectivity index (χ1) is 8.53. The van der Waals surface area contributed by atoms with Crippen LogP contribution in [0, 0.1) is 5.82 Å². The molecule has 0 fully saturated rings. The van der Waals surface area contributed by atoms with Crippen molar-refractivity contribution in [3.63, 3.8) is 0 Å². The molecule has 4 nitrogen and oxygen atoms in total. The fourth-order valence-corrected chi connectivity index (χ4v) is 2.68. The minimum Gasteiger partial charge on any atom is -0.396 e. The lowest BCUT2D eigenvalue weighted by molar-refractivity contribution is 0.283. The van der Waals surface area contributed by atoms with Crippen molar-refractivity contribution in [1.29, 1.82) is 0 Å². The van der Waals surface area contributed by atoms with Crippen molar-refractivity contribution >= 4 is 10.0 Å². The molecule has 0 atom stereocenters. The number of aliphatic hydroxyl groups excluding tert-OH is 1. The Morgan fingerprint density at radius 2 is 1.78 bits per heavy atom. The van der Waals surface area contributed by atoms with Crippen LogP contribution >= 0.6 is 0 Å². The first kappa shape index (κ1) is 15.1. The molecule has 6 heteroatoms. The summed E-state index contributed by atoms with van der Waals surface area (Å²) in [5, 5.41) is 8.57. The highest BCUT2D eigenvalue weighted by atomic mass is 32.2. The Labute approximate surface area is 107 Å². The number of sulfonamides is 1. The van der Waals surface area contributed by atoms with Gasteiger partial charge in [-0.05, 0) is 37.0 Å². The van der Waals surface area contributed by atoms with Crippen LogP contribution in [0.2, 0.25) is 0 Å². The SMILES string of the molecule is O=S(=O)(Cc1ccc(F)cc1)NCCCCCO. The fraction of sp³-hybridized carbons (Fsp3) is 0.500. The van der Waals surface area contributed by atoms with Crippen molar-refractivity contribution in [3.8, 4) is 0 Å². The second-order valence-electron chi connectivity index (χ2n) is 4.06. The lowest BCUT2D eigenvalue weighted by Gasteiger charge is -2.06. The van der Waals surface area contributed by atoms with Crippen molar-refractivity contribution in [3.05, 3.63) is 35.6 Å². The summed E-state index contributed by atoms with van der Waals surface area (Å²) in [6.07, 6.45) is 2.17. The molecule has 2 N–H and O–H groups in total. The third-order valence-electron chi connectivity index (χ3n) is 2.43. The summed E-state index contributed by atoms with van der Waals surface area (Å²) in [6.45, 7) is 0.492. The molecule has 0 heterocycles. The summed E-state index contributed by atoms with van der Waals surface area (Å²) in [5.74, 6) is -0.527. The van der Waals surface area contributed by atoms with Crippen LogP contribution in [0.4, 0.5) is 4.39 Å². The standard InChI is InChI=1S/C12H18FNO3S/c13-12-6-4-11(5-7-12)10-18(16,17)14-8-2-1-3-9-15/h4-7,14-15H,1-3,8-10H2. The normalized spacial score (nSPS) is 11.7. The molecule has 102 valence electrons. The molecule has 0 aromatic heterocycles. The molecule has 0 aliphatic rings. The van der Waals surface area contributed by atoms with Crippen molar-refractivity contribution in [1.82, 2.24) is 4.72 Å². The van der Waals surface area contributed by atoms with Gasteiger partial charge in [-0.15, -0.1) is 0 Å². The van der Waals surface area contributed by atoms with Crippen molar-refractivity contribution in [2.45, 2.75) is 25.0 Å². The Morgan fingerprint density at radius 3 is 2.39 bits per heavy atom. The number of aliphatic hydroxyl groups is 1. The third-order valence-corrected chi connectivity index (χ3v) is 3.78. The van der Waals surface area contributed by atoms with Crippen LogP contribution in [0.3, 0.4) is 0 Å². The van der Waals surface area contributed by atoms with E-state index in [0.29, 0.717) is 24.9 Å². The highest BCUT2D eigenvalue weighted by Crippen LogP contribution is 2.06. The molecule has 0 saturated carbocycles. The minimum absolute atomic E-state index is 0.127. The Hall–Kier alpha value is -0.980. The number of halogens is 1. The number of hydrogen-bond acceptors (Lipinski definition) is 3. The van der Waals surface area contributed by atoms with Crippen LogP contribution < -0.4 is 4.72 Å². The molecule has 1 aromatic rings. The van der Waals surface area contributed by atoms with Gasteiger partial charge in [0.1, 0.15) is 5.82 Å². The van der Waals surface area contributed by atoms with Crippen LogP contribution in [0.1, 0.15) is 24.8 Å². The zero-order chi connectivity index (χ0) is 13.4. The van der Waals surface area contributed by atoms with E-state index in [1.807, 2.05) is 0 Å². The number of hydrogen-bond donors (Lipinski definition) is 2. The van der Waals surface area contributed by atoms with Gasteiger partial charge in [0.15, 0.2) is 0 Å². The molecular formula is C12H18FNO3S. The number of unbranched alkanes of at least 4 members (excludes halogenated alkanes) is 2. The molecule has 18 heavy (non-hydrogen) atoms. The molecule has 0 aliphatic carbocycles. The van der Waals surface area contributed by atoms with Gasteiger partial charge in [0.2, 0.25) is 10.0 Å². The Balaban J connectivity index is 2.37. The highest BCUT2D eigenvalue weighted by molar-refractivity contribution is 7.88. The number of benzene rings is 1. The van der Waals surface area contributed by atoms with Crippen molar-refractivity contribution in [2.24, 2.45) is 0 Å². The van der Waals surface area contributed by atoms with Crippen molar-refractivity contribution < 1.29 is 17.9 Å². The quantitative estimate of drug-likeness (QED) is 0.705. The highest BCUT2D eigenvalue weighted by Gasteiger charge is 2.10. The van der Waals surface area contributed by atoms with Gasteiger partial charge in [-0.1, -0.05) is 12.1 Å². The zero-order valence-corrected chi connectivity index (χ0v) is 10.9. The largest absolute Gasteiger partial charge is 0.396 e. The van der Waals surface area contributed by atoms with Gasteiger partial charge < -0.3 is 5.11 Å². The summed E-state index contributed by atoms with van der Waals surface area (Å²) >= 11 is 0. The van der Waals surface area contributed by atoms with E-state index in [-0.39, 0.29) is 18.2 Å². The molecule has 0 spiro atoms. The zero-order valence-electron chi connectivity index (χ0n) is 10.1. The van der Waals surface area contributed by atoms with Crippen LogP contribution in [-0.4, -0.2) is 26.7 Å². The maximum Gasteiger partial charge on any atom is 0.215 e. The lowest BCUT2D eigenvalue weighted by atomic mass is 10.2. The summed E-state index contributed by atoms with van der Waals surface area (Å²) in [6, 6.07) is 5.40. The molecule has 0 saturated heterocycles. The fourth-order valence-electron chi connectivity index (χ4n) is 1.49. The number of nitrogens with one attached hydrogen (secondary N) is 1. The Morgan fingerprint density at radius 1 is 1.11 bits per heavy atom. The minimum atomic E-state index is -3.37. The molecule has 0 radical (unpaired) electrons. The average molecular weight is 275 g/mol. The smallest absolute Gasteiger partial charge is 0.215 e. The average Bonchev–Trinajstić information content (AvgIpc) is 2.31. The topological polar surface area (TPSA) is 66.4 Å². The Kier molecular flexibility index (Phi) is 6.24.